The van der Waals surface area contributed by atoms with Gasteiger partial charge in [0.25, 0.3) is 0 Å². The minimum atomic E-state index is -0.137. The van der Waals surface area contributed by atoms with Crippen LogP contribution in [0.2, 0.25) is 0 Å². The maximum atomic E-state index is 13.3. The zero-order valence-corrected chi connectivity index (χ0v) is 29.8. The molecule has 6 aromatic rings. The third kappa shape index (κ3) is 6.34. The Morgan fingerprint density at radius 2 is 1.85 bits per heavy atom. The summed E-state index contributed by atoms with van der Waals surface area (Å²) in [4.78, 5) is 41.9. The van der Waals surface area contributed by atoms with Gasteiger partial charge in [0.15, 0.2) is 11.4 Å². The van der Waals surface area contributed by atoms with E-state index in [1.165, 1.54) is 11.2 Å². The number of piperazine rings is 1. The highest BCUT2D eigenvalue weighted by Gasteiger charge is 2.28. The van der Waals surface area contributed by atoms with Gasteiger partial charge in [0, 0.05) is 53.6 Å². The number of hydrogen-bond donors (Lipinski definition) is 1. The number of rotatable bonds is 5. The van der Waals surface area contributed by atoms with E-state index >= 15 is 0 Å². The van der Waals surface area contributed by atoms with Gasteiger partial charge >= 0.3 is 0 Å². The summed E-state index contributed by atoms with van der Waals surface area (Å²) in [6.07, 6.45) is 9.76. The minimum Gasteiger partial charge on any atom is -0.369 e. The number of aromatic nitrogens is 4. The van der Waals surface area contributed by atoms with Crippen LogP contribution in [-0.4, -0.2) is 56.8 Å². The largest absolute Gasteiger partial charge is 0.369 e. The van der Waals surface area contributed by atoms with Crippen LogP contribution in [0.25, 0.3) is 34.4 Å². The standard InChI is InChI=1S/C29H28N2O2S.C13H9N5/c1-17-12-25-22(18(2)29(17)33)7-8-23-24-6-5-20(14-27(24)28(32)15-26(23)25)31-10-9-30-19(16-31)13-21-4-3-11-34-21;14-5-10-3-1-2-4-11(10)7-18-9-17-13-12(18)6-15-8-16-13/h3-8,11-12,14-15,17-19,30H,9-10,13,16H2,1-2H3;1-4,6,8-9H,7H2. The molecule has 1 aliphatic heterocycles. The number of nitriles is 1. The topological polar surface area (TPSA) is 117 Å². The SMILES string of the molecule is CC1C=c2c(ccc3c2=CC(=O)c2cc(N4CCNC(Cc5cccs5)C4)ccc2-3)C(C)C1=O.N#Cc1ccccc1Cn1cnc2ncncc21. The van der Waals surface area contributed by atoms with Gasteiger partial charge in [0.2, 0.25) is 0 Å². The number of fused-ring (bicyclic) bond motifs is 6. The van der Waals surface area contributed by atoms with Gasteiger partial charge in [-0.25, -0.2) is 15.0 Å². The van der Waals surface area contributed by atoms with Crippen LogP contribution in [0.3, 0.4) is 0 Å². The number of thiophene rings is 1. The number of hydrogen-bond acceptors (Lipinski definition) is 9. The molecule has 3 unspecified atom stereocenters. The summed E-state index contributed by atoms with van der Waals surface area (Å²) in [6.45, 7) is 7.31. The smallest absolute Gasteiger partial charge is 0.187 e. The second kappa shape index (κ2) is 14.1. The third-order valence-corrected chi connectivity index (χ3v) is 11.2. The predicted molar refractivity (Wildman–Crippen MR) is 205 cm³/mol. The lowest BCUT2D eigenvalue weighted by molar-refractivity contribution is -0.122. The van der Waals surface area contributed by atoms with Crippen molar-refractivity contribution in [1.29, 1.82) is 5.26 Å². The lowest BCUT2D eigenvalue weighted by atomic mass is 9.79. The van der Waals surface area contributed by atoms with Crippen molar-refractivity contribution in [3.63, 3.8) is 0 Å². The Hall–Kier alpha value is -5.76. The molecule has 3 aliphatic rings. The van der Waals surface area contributed by atoms with Gasteiger partial charge < -0.3 is 14.8 Å². The Morgan fingerprint density at radius 1 is 0.981 bits per heavy atom. The summed E-state index contributed by atoms with van der Waals surface area (Å²) in [5, 5.41) is 16.9. The predicted octanol–water partition coefficient (Wildman–Crippen LogP) is 5.26. The number of Topliss-reactive ketones (excluding diaryl/α,β-unsaturated/α-hetero) is 2. The number of carbonyl (C=O) groups is 2. The third-order valence-electron chi connectivity index (χ3n) is 10.3. The van der Waals surface area contributed by atoms with Gasteiger partial charge in [-0.1, -0.05) is 62.4 Å². The molecule has 10 heteroatoms. The van der Waals surface area contributed by atoms with Gasteiger partial charge in [0.05, 0.1) is 30.7 Å². The molecule has 0 radical (unpaired) electrons. The molecule has 1 fully saturated rings. The summed E-state index contributed by atoms with van der Waals surface area (Å²) in [7, 11) is 0. The molecule has 52 heavy (non-hydrogen) atoms. The Balaban J connectivity index is 0.000000181. The molecule has 9 rings (SSSR count). The molecule has 1 N–H and O–H groups in total. The number of nitrogens with one attached hydrogen (secondary N) is 1. The highest BCUT2D eigenvalue weighted by atomic mass is 32.1. The Kier molecular flexibility index (Phi) is 9.05. The molecular formula is C42H37N7O2S. The Morgan fingerprint density at radius 3 is 2.69 bits per heavy atom. The summed E-state index contributed by atoms with van der Waals surface area (Å²) >= 11 is 1.81. The van der Waals surface area contributed by atoms with Crippen LogP contribution < -0.4 is 20.7 Å². The first kappa shape index (κ1) is 33.4. The van der Waals surface area contributed by atoms with Crippen molar-refractivity contribution < 1.29 is 9.59 Å². The van der Waals surface area contributed by atoms with E-state index in [0.29, 0.717) is 23.8 Å². The van der Waals surface area contributed by atoms with Gasteiger partial charge in [-0.2, -0.15) is 5.26 Å². The lowest BCUT2D eigenvalue weighted by Gasteiger charge is -2.35. The maximum absolute atomic E-state index is 13.3. The second-order valence-electron chi connectivity index (χ2n) is 13.6. The first-order chi connectivity index (χ1) is 25.4. The molecule has 2 aliphatic carbocycles. The van der Waals surface area contributed by atoms with Crippen molar-refractivity contribution in [2.24, 2.45) is 5.92 Å². The van der Waals surface area contributed by atoms with Crippen LogP contribution in [0.5, 0.6) is 0 Å². The van der Waals surface area contributed by atoms with E-state index in [2.05, 4.69) is 79.1 Å². The molecular weight excluding hydrogens is 667 g/mol. The molecule has 3 atom stereocenters. The van der Waals surface area contributed by atoms with Crippen LogP contribution in [-0.2, 0) is 17.8 Å². The second-order valence-corrected chi connectivity index (χ2v) is 14.6. The van der Waals surface area contributed by atoms with E-state index < -0.39 is 0 Å². The zero-order valence-electron chi connectivity index (χ0n) is 29.0. The molecule has 3 aromatic heterocycles. The van der Waals surface area contributed by atoms with Crippen molar-refractivity contribution in [3.8, 4) is 17.2 Å². The van der Waals surface area contributed by atoms with Crippen molar-refractivity contribution in [2.45, 2.75) is 38.8 Å². The zero-order chi connectivity index (χ0) is 35.8. The van der Waals surface area contributed by atoms with Crippen LogP contribution in [0.15, 0.2) is 91.0 Å². The highest BCUT2D eigenvalue weighted by Crippen LogP contribution is 2.31. The molecule has 3 aromatic carbocycles. The van der Waals surface area contributed by atoms with Crippen molar-refractivity contribution >= 4 is 51.9 Å². The van der Waals surface area contributed by atoms with Gasteiger partial charge in [-0.15, -0.1) is 11.3 Å². The minimum absolute atomic E-state index is 0.0497. The van der Waals surface area contributed by atoms with Crippen LogP contribution >= 0.6 is 11.3 Å². The van der Waals surface area contributed by atoms with Gasteiger partial charge in [0.1, 0.15) is 17.6 Å². The maximum Gasteiger partial charge on any atom is 0.187 e. The Bertz CT molecular complexity index is 2500. The fraction of sp³-hybridized carbons (Fsp3) is 0.238. The number of carbonyl (C=O) groups excluding carboxylic acids is 2. The van der Waals surface area contributed by atoms with E-state index in [4.69, 9.17) is 5.26 Å². The van der Waals surface area contributed by atoms with Crippen molar-refractivity contribution in [1.82, 2.24) is 24.8 Å². The van der Waals surface area contributed by atoms with Crippen LogP contribution in [0.1, 0.15) is 51.7 Å². The number of imidazole rings is 1. The Labute approximate surface area is 305 Å². The van der Waals surface area contributed by atoms with E-state index in [1.54, 1.807) is 18.6 Å². The van der Waals surface area contributed by atoms with E-state index in [-0.39, 0.29) is 23.4 Å². The highest BCUT2D eigenvalue weighted by molar-refractivity contribution is 7.09. The molecule has 0 saturated carbocycles. The average Bonchev–Trinajstić information content (AvgIpc) is 3.85. The molecule has 1 saturated heterocycles. The summed E-state index contributed by atoms with van der Waals surface area (Å²) in [5.41, 5.74) is 8.16. The summed E-state index contributed by atoms with van der Waals surface area (Å²) < 4.78 is 1.94. The average molecular weight is 704 g/mol. The first-order valence-corrected chi connectivity index (χ1v) is 18.4. The molecule has 4 heterocycles. The number of anilines is 1. The van der Waals surface area contributed by atoms with Crippen LogP contribution in [0, 0.1) is 17.2 Å². The van der Waals surface area contributed by atoms with Gasteiger partial charge in [-0.05, 0) is 74.8 Å². The monoisotopic (exact) mass is 703 g/mol. The summed E-state index contributed by atoms with van der Waals surface area (Å²) in [6, 6.07) is 24.9. The normalized spacial score (nSPS) is 18.9. The van der Waals surface area contributed by atoms with Crippen LogP contribution in [0.4, 0.5) is 5.69 Å². The fourth-order valence-corrected chi connectivity index (χ4v) is 8.40. The lowest BCUT2D eigenvalue weighted by Crippen LogP contribution is -2.51. The first-order valence-electron chi connectivity index (χ1n) is 17.6. The van der Waals surface area contributed by atoms with Crippen molar-refractivity contribution in [3.05, 3.63) is 129 Å². The molecule has 258 valence electrons. The quantitative estimate of drug-likeness (QED) is 0.259. The number of ketones is 2. The number of nitrogens with zero attached hydrogens (tertiary/aromatic N) is 6. The van der Waals surface area contributed by atoms with Gasteiger partial charge in [-0.3, -0.25) is 9.59 Å². The molecule has 9 nitrogen and oxygen atoms in total. The molecule has 0 amide bonds. The molecule has 0 bridgehead atoms. The van der Waals surface area contributed by atoms with E-state index in [1.807, 2.05) is 60.1 Å². The van der Waals surface area contributed by atoms with E-state index in [9.17, 15) is 9.59 Å². The molecule has 0 spiro atoms. The summed E-state index contributed by atoms with van der Waals surface area (Å²) in [5.74, 6) is 0.0279. The van der Waals surface area contributed by atoms with Crippen molar-refractivity contribution in [2.75, 3.05) is 24.5 Å². The van der Waals surface area contributed by atoms with E-state index in [0.717, 1.165) is 75.5 Å². The number of benzene rings is 3. The fourth-order valence-electron chi connectivity index (χ4n) is 7.61.